The van der Waals surface area contributed by atoms with Crippen LogP contribution in [0.25, 0.3) is 0 Å². The lowest BCUT2D eigenvalue weighted by molar-refractivity contribution is 0.102. The number of methoxy groups -OCH3 is 1. The summed E-state index contributed by atoms with van der Waals surface area (Å²) in [5, 5.41) is 2.63. The SMILES string of the molecule is COc1ccc(NC(=O)c2cc(Br)ccc2Br)cc1F. The van der Waals surface area contributed by atoms with E-state index in [1.54, 1.807) is 18.2 Å². The number of carbonyl (C=O) groups is 1. The molecule has 104 valence electrons. The lowest BCUT2D eigenvalue weighted by Gasteiger charge is -2.09. The minimum absolute atomic E-state index is 0.131. The third kappa shape index (κ3) is 3.37. The fourth-order valence-electron chi connectivity index (χ4n) is 1.61. The standard InChI is InChI=1S/C14H10Br2FNO2/c1-20-13-5-3-9(7-12(13)17)18-14(19)10-6-8(15)2-4-11(10)16/h2-7H,1H3,(H,18,19). The van der Waals surface area contributed by atoms with Gasteiger partial charge in [0.2, 0.25) is 0 Å². The second-order valence-corrected chi connectivity index (χ2v) is 5.70. The van der Waals surface area contributed by atoms with Gasteiger partial charge in [-0.25, -0.2) is 4.39 Å². The smallest absolute Gasteiger partial charge is 0.256 e. The molecule has 0 fully saturated rings. The molecule has 0 aliphatic carbocycles. The fraction of sp³-hybridized carbons (Fsp3) is 0.0714. The lowest BCUT2D eigenvalue weighted by atomic mass is 10.2. The number of halogens is 3. The van der Waals surface area contributed by atoms with Gasteiger partial charge in [0.1, 0.15) is 0 Å². The topological polar surface area (TPSA) is 38.3 Å². The minimum Gasteiger partial charge on any atom is -0.494 e. The molecule has 0 saturated carbocycles. The molecule has 2 aromatic carbocycles. The van der Waals surface area contributed by atoms with E-state index in [0.717, 1.165) is 4.47 Å². The van der Waals surface area contributed by atoms with Gasteiger partial charge < -0.3 is 10.1 Å². The Bertz CT molecular complexity index is 662. The monoisotopic (exact) mass is 401 g/mol. The maximum atomic E-state index is 13.6. The average Bonchev–Trinajstić information content (AvgIpc) is 2.41. The first-order valence-electron chi connectivity index (χ1n) is 5.61. The molecule has 20 heavy (non-hydrogen) atoms. The number of ether oxygens (including phenoxy) is 1. The van der Waals surface area contributed by atoms with E-state index in [0.29, 0.717) is 15.7 Å². The van der Waals surface area contributed by atoms with E-state index < -0.39 is 5.82 Å². The molecule has 3 nitrogen and oxygen atoms in total. The highest BCUT2D eigenvalue weighted by molar-refractivity contribution is 9.11. The van der Waals surface area contributed by atoms with Gasteiger partial charge in [0, 0.05) is 20.7 Å². The van der Waals surface area contributed by atoms with Gasteiger partial charge in [0.25, 0.3) is 5.91 Å². The summed E-state index contributed by atoms with van der Waals surface area (Å²) >= 11 is 6.61. The van der Waals surface area contributed by atoms with E-state index in [2.05, 4.69) is 37.2 Å². The molecule has 0 aliphatic heterocycles. The predicted octanol–water partition coefficient (Wildman–Crippen LogP) is 4.61. The van der Waals surface area contributed by atoms with Gasteiger partial charge in [-0.2, -0.15) is 0 Å². The zero-order valence-corrected chi connectivity index (χ0v) is 13.6. The van der Waals surface area contributed by atoms with Crippen LogP contribution in [-0.2, 0) is 0 Å². The number of anilines is 1. The highest BCUT2D eigenvalue weighted by atomic mass is 79.9. The van der Waals surface area contributed by atoms with Crippen molar-refractivity contribution in [1.29, 1.82) is 0 Å². The van der Waals surface area contributed by atoms with Crippen LogP contribution < -0.4 is 10.1 Å². The van der Waals surface area contributed by atoms with E-state index >= 15 is 0 Å². The highest BCUT2D eigenvalue weighted by Crippen LogP contribution is 2.24. The summed E-state index contributed by atoms with van der Waals surface area (Å²) in [5.74, 6) is -0.729. The fourth-order valence-corrected chi connectivity index (χ4v) is 2.40. The summed E-state index contributed by atoms with van der Waals surface area (Å²) in [6.45, 7) is 0. The molecule has 1 amide bonds. The van der Waals surface area contributed by atoms with Crippen molar-refractivity contribution in [3.63, 3.8) is 0 Å². The van der Waals surface area contributed by atoms with Gasteiger partial charge in [-0.15, -0.1) is 0 Å². The maximum Gasteiger partial charge on any atom is 0.256 e. The Morgan fingerprint density at radius 1 is 1.20 bits per heavy atom. The molecule has 0 aromatic heterocycles. The molecule has 0 saturated heterocycles. The van der Waals surface area contributed by atoms with Gasteiger partial charge in [-0.3, -0.25) is 4.79 Å². The van der Waals surface area contributed by atoms with Crippen LogP contribution in [0, 0.1) is 5.82 Å². The normalized spacial score (nSPS) is 10.2. The van der Waals surface area contributed by atoms with Crippen molar-refractivity contribution in [2.45, 2.75) is 0 Å². The zero-order valence-electron chi connectivity index (χ0n) is 10.4. The molecule has 6 heteroatoms. The Morgan fingerprint density at radius 2 is 1.95 bits per heavy atom. The molecular weight excluding hydrogens is 393 g/mol. The molecule has 2 rings (SSSR count). The largest absolute Gasteiger partial charge is 0.494 e. The molecule has 0 bridgehead atoms. The number of benzene rings is 2. The summed E-state index contributed by atoms with van der Waals surface area (Å²) < 4.78 is 19.8. The zero-order chi connectivity index (χ0) is 14.7. The van der Waals surface area contributed by atoms with Crippen molar-refractivity contribution in [3.8, 4) is 5.75 Å². The summed E-state index contributed by atoms with van der Waals surface area (Å²) in [6, 6.07) is 9.50. The Balaban J connectivity index is 2.23. The van der Waals surface area contributed by atoms with Crippen molar-refractivity contribution < 1.29 is 13.9 Å². The van der Waals surface area contributed by atoms with Crippen LogP contribution in [-0.4, -0.2) is 13.0 Å². The molecule has 1 N–H and O–H groups in total. The van der Waals surface area contributed by atoms with Crippen molar-refractivity contribution in [1.82, 2.24) is 0 Å². The molecular formula is C14H10Br2FNO2. The van der Waals surface area contributed by atoms with E-state index in [1.165, 1.54) is 19.2 Å². The summed E-state index contributed by atoms with van der Waals surface area (Å²) in [5.41, 5.74) is 0.816. The number of rotatable bonds is 3. The van der Waals surface area contributed by atoms with Crippen LogP contribution in [0.1, 0.15) is 10.4 Å². The summed E-state index contributed by atoms with van der Waals surface area (Å²) in [6.07, 6.45) is 0. The molecule has 0 spiro atoms. The van der Waals surface area contributed by atoms with Crippen LogP contribution in [0.5, 0.6) is 5.75 Å². The summed E-state index contributed by atoms with van der Waals surface area (Å²) in [4.78, 5) is 12.1. The number of amides is 1. The molecule has 0 radical (unpaired) electrons. The predicted molar refractivity (Wildman–Crippen MR) is 82.7 cm³/mol. The number of hydrogen-bond acceptors (Lipinski definition) is 2. The van der Waals surface area contributed by atoms with Crippen molar-refractivity contribution in [2.24, 2.45) is 0 Å². The molecule has 0 unspecified atom stereocenters. The third-order valence-corrected chi connectivity index (χ3v) is 3.77. The van der Waals surface area contributed by atoms with Gasteiger partial charge >= 0.3 is 0 Å². The number of carbonyl (C=O) groups excluding carboxylic acids is 1. The van der Waals surface area contributed by atoms with Crippen LogP contribution in [0.4, 0.5) is 10.1 Å². The van der Waals surface area contributed by atoms with Crippen molar-refractivity contribution in [2.75, 3.05) is 12.4 Å². The molecule has 0 heterocycles. The van der Waals surface area contributed by atoms with Crippen LogP contribution in [0.3, 0.4) is 0 Å². The second kappa shape index (κ2) is 6.37. The van der Waals surface area contributed by atoms with Gasteiger partial charge in [0.05, 0.1) is 12.7 Å². The van der Waals surface area contributed by atoms with E-state index in [-0.39, 0.29) is 11.7 Å². The Labute approximate surface area is 132 Å². The van der Waals surface area contributed by atoms with E-state index in [1.807, 2.05) is 6.07 Å². The van der Waals surface area contributed by atoms with E-state index in [4.69, 9.17) is 4.74 Å². The second-order valence-electron chi connectivity index (χ2n) is 3.93. The van der Waals surface area contributed by atoms with Crippen LogP contribution in [0.15, 0.2) is 45.3 Å². The first kappa shape index (κ1) is 15.0. The third-order valence-electron chi connectivity index (χ3n) is 2.58. The van der Waals surface area contributed by atoms with Gasteiger partial charge in [-0.1, -0.05) is 15.9 Å². The number of hydrogen-bond donors (Lipinski definition) is 1. The summed E-state index contributed by atoms with van der Waals surface area (Å²) in [7, 11) is 1.38. The molecule has 0 atom stereocenters. The molecule has 0 aliphatic rings. The number of nitrogens with one attached hydrogen (secondary N) is 1. The molecule has 2 aromatic rings. The Morgan fingerprint density at radius 3 is 2.60 bits per heavy atom. The Kier molecular flexibility index (Phi) is 4.77. The van der Waals surface area contributed by atoms with Crippen LogP contribution in [0.2, 0.25) is 0 Å². The van der Waals surface area contributed by atoms with E-state index in [9.17, 15) is 9.18 Å². The Hall–Kier alpha value is -1.40. The van der Waals surface area contributed by atoms with Crippen LogP contribution >= 0.6 is 31.9 Å². The highest BCUT2D eigenvalue weighted by Gasteiger charge is 2.12. The lowest BCUT2D eigenvalue weighted by Crippen LogP contribution is -2.12. The van der Waals surface area contributed by atoms with Gasteiger partial charge in [-0.05, 0) is 46.3 Å². The van der Waals surface area contributed by atoms with Crippen molar-refractivity contribution in [3.05, 3.63) is 56.7 Å². The average molecular weight is 403 g/mol. The quantitative estimate of drug-likeness (QED) is 0.813. The van der Waals surface area contributed by atoms with Gasteiger partial charge in [0.15, 0.2) is 11.6 Å². The first-order valence-corrected chi connectivity index (χ1v) is 7.20. The maximum absolute atomic E-state index is 13.6. The minimum atomic E-state index is -0.529. The van der Waals surface area contributed by atoms with Crippen molar-refractivity contribution >= 4 is 43.5 Å². The first-order chi connectivity index (χ1) is 9.51.